The van der Waals surface area contributed by atoms with E-state index in [4.69, 9.17) is 0 Å². The summed E-state index contributed by atoms with van der Waals surface area (Å²) >= 11 is 0. The third-order valence-corrected chi connectivity index (χ3v) is 4.45. The van der Waals surface area contributed by atoms with Crippen LogP contribution in [0.15, 0.2) is 24.3 Å². The van der Waals surface area contributed by atoms with Gasteiger partial charge in [-0.3, -0.25) is 0 Å². The fraction of sp³-hybridized carbons (Fsp3) is 0.700. The molecule has 0 saturated heterocycles. The summed E-state index contributed by atoms with van der Waals surface area (Å²) in [6, 6.07) is 9.36. The first-order valence-electron chi connectivity index (χ1n) is 8.84. The highest BCUT2D eigenvalue weighted by Gasteiger charge is 1.99. The minimum Gasteiger partial charge on any atom is -0.0654 e. The Balaban J connectivity index is 2.14. The molecule has 1 aromatic rings. The molecule has 0 saturated carbocycles. The number of hydrogen-bond acceptors (Lipinski definition) is 0. The van der Waals surface area contributed by atoms with E-state index >= 15 is 0 Å². The Hall–Kier alpha value is -0.780. The van der Waals surface area contributed by atoms with Crippen LogP contribution in [0.1, 0.15) is 83.3 Å². The topological polar surface area (TPSA) is 0 Å². The summed E-state index contributed by atoms with van der Waals surface area (Å²) in [5.74, 6) is 0.914. The Morgan fingerprint density at radius 3 is 1.80 bits per heavy atom. The summed E-state index contributed by atoms with van der Waals surface area (Å²) in [5.41, 5.74) is 3.03. The Morgan fingerprint density at radius 2 is 1.30 bits per heavy atom. The van der Waals surface area contributed by atoms with Crippen LogP contribution in [0.5, 0.6) is 0 Å². The molecule has 0 aliphatic heterocycles. The van der Waals surface area contributed by atoms with Crippen LogP contribution < -0.4 is 0 Å². The number of rotatable bonds is 11. The van der Waals surface area contributed by atoms with Gasteiger partial charge in [-0.25, -0.2) is 0 Å². The predicted octanol–water partition coefficient (Wildman–Crippen LogP) is 6.57. The normalized spacial score (nSPS) is 12.6. The molecule has 0 amide bonds. The molecule has 0 aliphatic rings. The quantitative estimate of drug-likeness (QED) is 0.400. The largest absolute Gasteiger partial charge is 0.0654 e. The number of benzene rings is 1. The molecule has 1 aromatic carbocycles. The van der Waals surface area contributed by atoms with E-state index in [-0.39, 0.29) is 0 Å². The summed E-state index contributed by atoms with van der Waals surface area (Å²) in [6.45, 7) is 6.94. The Bertz CT molecular complexity index is 322. The third kappa shape index (κ3) is 7.72. The Morgan fingerprint density at radius 1 is 0.750 bits per heavy atom. The van der Waals surface area contributed by atoms with Gasteiger partial charge in [-0.2, -0.15) is 0 Å². The van der Waals surface area contributed by atoms with Crippen molar-refractivity contribution in [2.45, 2.75) is 85.0 Å². The highest BCUT2D eigenvalue weighted by atomic mass is 14.1. The molecule has 0 spiro atoms. The molecule has 0 bridgehead atoms. The molecule has 114 valence electrons. The van der Waals surface area contributed by atoms with Crippen LogP contribution in [0, 0.1) is 5.92 Å². The van der Waals surface area contributed by atoms with Crippen LogP contribution in [-0.2, 0) is 12.8 Å². The molecule has 0 heterocycles. The summed E-state index contributed by atoms with van der Waals surface area (Å²) in [4.78, 5) is 0. The second-order valence-electron chi connectivity index (χ2n) is 6.39. The molecule has 0 fully saturated rings. The zero-order valence-corrected chi connectivity index (χ0v) is 14.0. The molecule has 1 rings (SSSR count). The molecule has 0 aliphatic carbocycles. The monoisotopic (exact) mass is 274 g/mol. The average Bonchev–Trinajstić information content (AvgIpc) is 2.48. The maximum atomic E-state index is 2.37. The van der Waals surface area contributed by atoms with Crippen molar-refractivity contribution < 1.29 is 0 Å². The van der Waals surface area contributed by atoms with E-state index in [0.29, 0.717) is 0 Å². The van der Waals surface area contributed by atoms with Crippen molar-refractivity contribution in [3.8, 4) is 0 Å². The lowest BCUT2D eigenvalue weighted by atomic mass is 9.98. The molecule has 20 heavy (non-hydrogen) atoms. The Labute approximate surface area is 127 Å². The molecule has 0 aromatic heterocycles. The van der Waals surface area contributed by atoms with Gasteiger partial charge in [0.2, 0.25) is 0 Å². The zero-order chi connectivity index (χ0) is 14.6. The molecule has 1 unspecified atom stereocenters. The number of hydrogen-bond donors (Lipinski definition) is 0. The van der Waals surface area contributed by atoms with Crippen LogP contribution in [0.3, 0.4) is 0 Å². The minimum atomic E-state index is 0.914. The number of unbranched alkanes of at least 4 members (excludes halogenated alkanes) is 4. The van der Waals surface area contributed by atoms with Crippen molar-refractivity contribution >= 4 is 0 Å². The highest BCUT2D eigenvalue weighted by Crippen LogP contribution is 2.15. The van der Waals surface area contributed by atoms with Crippen molar-refractivity contribution in [1.29, 1.82) is 0 Å². The standard InChI is InChI=1S/C20H34/c1-4-6-8-12-19-14-16-20(17-15-19)13-10-7-9-11-18(3)5-2/h14-18H,4-13H2,1-3H3. The SMILES string of the molecule is CCCCCc1ccc(CCCCCC(C)CC)cc1. The Kier molecular flexibility index (Phi) is 9.45. The lowest BCUT2D eigenvalue weighted by Gasteiger charge is -2.08. The van der Waals surface area contributed by atoms with Crippen molar-refractivity contribution in [3.63, 3.8) is 0 Å². The van der Waals surface area contributed by atoms with Gasteiger partial charge in [0.05, 0.1) is 0 Å². The van der Waals surface area contributed by atoms with E-state index < -0.39 is 0 Å². The van der Waals surface area contributed by atoms with Gasteiger partial charge in [-0.15, -0.1) is 0 Å². The lowest BCUT2D eigenvalue weighted by molar-refractivity contribution is 0.478. The summed E-state index contributed by atoms with van der Waals surface area (Å²) in [6.07, 6.45) is 13.4. The van der Waals surface area contributed by atoms with Gasteiger partial charge >= 0.3 is 0 Å². The van der Waals surface area contributed by atoms with Gasteiger partial charge < -0.3 is 0 Å². The van der Waals surface area contributed by atoms with E-state index in [1.54, 1.807) is 0 Å². The maximum absolute atomic E-state index is 2.37. The molecule has 0 N–H and O–H groups in total. The lowest BCUT2D eigenvalue weighted by Crippen LogP contribution is -1.93. The smallest absolute Gasteiger partial charge is 0.0279 e. The van der Waals surface area contributed by atoms with Crippen LogP contribution >= 0.6 is 0 Å². The van der Waals surface area contributed by atoms with Crippen LogP contribution in [0.4, 0.5) is 0 Å². The first-order valence-corrected chi connectivity index (χ1v) is 8.84. The van der Waals surface area contributed by atoms with Crippen molar-refractivity contribution in [3.05, 3.63) is 35.4 Å². The van der Waals surface area contributed by atoms with Gasteiger partial charge in [-0.1, -0.05) is 83.6 Å². The molecule has 0 radical (unpaired) electrons. The highest BCUT2D eigenvalue weighted by molar-refractivity contribution is 5.22. The zero-order valence-electron chi connectivity index (χ0n) is 14.0. The molecular weight excluding hydrogens is 240 g/mol. The average molecular weight is 274 g/mol. The molecular formula is C20H34. The second kappa shape index (κ2) is 10.9. The van der Waals surface area contributed by atoms with E-state index in [0.717, 1.165) is 5.92 Å². The second-order valence-corrected chi connectivity index (χ2v) is 6.39. The van der Waals surface area contributed by atoms with Gasteiger partial charge in [-0.05, 0) is 42.7 Å². The van der Waals surface area contributed by atoms with Gasteiger partial charge in [0, 0.05) is 0 Å². The van der Waals surface area contributed by atoms with Gasteiger partial charge in [0.25, 0.3) is 0 Å². The van der Waals surface area contributed by atoms with Crippen LogP contribution in [-0.4, -0.2) is 0 Å². The predicted molar refractivity (Wildman–Crippen MR) is 91.3 cm³/mol. The van der Waals surface area contributed by atoms with Gasteiger partial charge in [0.15, 0.2) is 0 Å². The molecule has 0 nitrogen and oxygen atoms in total. The fourth-order valence-corrected chi connectivity index (χ4v) is 2.65. The molecule has 0 heteroatoms. The van der Waals surface area contributed by atoms with Crippen molar-refractivity contribution in [2.75, 3.05) is 0 Å². The van der Waals surface area contributed by atoms with E-state index in [1.807, 2.05) is 0 Å². The summed E-state index contributed by atoms with van der Waals surface area (Å²) < 4.78 is 0. The summed E-state index contributed by atoms with van der Waals surface area (Å²) in [7, 11) is 0. The van der Waals surface area contributed by atoms with Crippen molar-refractivity contribution in [1.82, 2.24) is 0 Å². The van der Waals surface area contributed by atoms with E-state index in [2.05, 4.69) is 45.0 Å². The van der Waals surface area contributed by atoms with Crippen LogP contribution in [0.2, 0.25) is 0 Å². The fourth-order valence-electron chi connectivity index (χ4n) is 2.65. The minimum absolute atomic E-state index is 0.914. The number of aryl methyl sites for hydroxylation is 2. The summed E-state index contributed by atoms with van der Waals surface area (Å²) in [5, 5.41) is 0. The molecule has 1 atom stereocenters. The first-order chi connectivity index (χ1) is 9.76. The van der Waals surface area contributed by atoms with E-state index in [9.17, 15) is 0 Å². The van der Waals surface area contributed by atoms with Crippen molar-refractivity contribution in [2.24, 2.45) is 5.92 Å². The first kappa shape index (κ1) is 17.3. The van der Waals surface area contributed by atoms with Crippen LogP contribution in [0.25, 0.3) is 0 Å². The van der Waals surface area contributed by atoms with Gasteiger partial charge in [0.1, 0.15) is 0 Å². The maximum Gasteiger partial charge on any atom is -0.0279 e. The van der Waals surface area contributed by atoms with E-state index in [1.165, 1.54) is 75.3 Å². The third-order valence-electron chi connectivity index (χ3n) is 4.45.